The Bertz CT molecular complexity index is 296. The number of hydrogen-bond donors (Lipinski definition) is 3. The molecule has 3 N–H and O–H groups in total. The van der Waals surface area contributed by atoms with Crippen LogP contribution in [-0.4, -0.2) is 49.3 Å². The number of carboxylic acid groups (broad SMARTS) is 1. The van der Waals surface area contributed by atoms with Crippen LogP contribution in [0.15, 0.2) is 0 Å². The van der Waals surface area contributed by atoms with E-state index in [1.807, 2.05) is 6.92 Å². The molecule has 0 aromatic carbocycles. The third kappa shape index (κ3) is 4.27. The summed E-state index contributed by atoms with van der Waals surface area (Å²) in [5.74, 6) is -1.24. The van der Waals surface area contributed by atoms with E-state index in [0.29, 0.717) is 19.6 Å². The molecule has 1 heterocycles. The molecular weight excluding hydrogens is 236 g/mol. The Hall–Kier alpha value is -1.14. The Morgan fingerprint density at radius 2 is 2.17 bits per heavy atom. The van der Waals surface area contributed by atoms with Crippen molar-refractivity contribution in [3.8, 4) is 0 Å². The van der Waals surface area contributed by atoms with Gasteiger partial charge >= 0.3 is 5.97 Å². The number of nitrogens with one attached hydrogen (secondary N) is 2. The number of amides is 1. The second-order valence-corrected chi connectivity index (χ2v) is 4.63. The molecule has 0 bridgehead atoms. The molecule has 1 aliphatic heterocycles. The van der Waals surface area contributed by atoms with Gasteiger partial charge in [-0.1, -0.05) is 13.3 Å². The first-order valence-corrected chi connectivity index (χ1v) is 6.35. The van der Waals surface area contributed by atoms with Crippen LogP contribution >= 0.6 is 0 Å². The maximum absolute atomic E-state index is 12.1. The van der Waals surface area contributed by atoms with Crippen molar-refractivity contribution in [3.05, 3.63) is 0 Å². The summed E-state index contributed by atoms with van der Waals surface area (Å²) in [6.45, 7) is 2.88. The minimum absolute atomic E-state index is 0.0112. The lowest BCUT2D eigenvalue weighted by Crippen LogP contribution is -2.46. The van der Waals surface area contributed by atoms with Crippen LogP contribution in [0, 0.1) is 5.92 Å². The monoisotopic (exact) mass is 258 g/mol. The molecule has 6 heteroatoms. The fourth-order valence-corrected chi connectivity index (χ4v) is 2.19. The standard InChI is InChI=1S/C12H22N2O4/c1-3-4-8(5-11(15)16)14-12(17)9-6-18-7-10(9)13-2/h8-10,13H,3-7H2,1-2H3,(H,14,17)(H,15,16). The third-order valence-electron chi connectivity index (χ3n) is 3.19. The Kier molecular flexibility index (Phi) is 6.07. The number of ether oxygens (including phenoxy) is 1. The van der Waals surface area contributed by atoms with Crippen molar-refractivity contribution in [1.29, 1.82) is 0 Å². The number of carbonyl (C=O) groups is 2. The van der Waals surface area contributed by atoms with Crippen molar-refractivity contribution in [2.75, 3.05) is 20.3 Å². The van der Waals surface area contributed by atoms with Gasteiger partial charge in [0.1, 0.15) is 0 Å². The van der Waals surface area contributed by atoms with Crippen molar-refractivity contribution in [2.45, 2.75) is 38.3 Å². The molecular formula is C12H22N2O4. The number of aliphatic carboxylic acids is 1. The summed E-state index contributed by atoms with van der Waals surface area (Å²) in [6, 6.07) is -0.282. The van der Waals surface area contributed by atoms with Crippen molar-refractivity contribution in [3.63, 3.8) is 0 Å². The van der Waals surface area contributed by atoms with Gasteiger partial charge in [-0.15, -0.1) is 0 Å². The van der Waals surface area contributed by atoms with Gasteiger partial charge in [-0.25, -0.2) is 0 Å². The van der Waals surface area contributed by atoms with Gasteiger partial charge in [0.2, 0.25) is 5.91 Å². The fourth-order valence-electron chi connectivity index (χ4n) is 2.19. The summed E-state index contributed by atoms with van der Waals surface area (Å²) >= 11 is 0. The van der Waals surface area contributed by atoms with Crippen LogP contribution < -0.4 is 10.6 Å². The zero-order valence-electron chi connectivity index (χ0n) is 10.9. The van der Waals surface area contributed by atoms with E-state index >= 15 is 0 Å². The van der Waals surface area contributed by atoms with Gasteiger partial charge in [-0.05, 0) is 13.5 Å². The van der Waals surface area contributed by atoms with Gasteiger partial charge in [0.15, 0.2) is 0 Å². The highest BCUT2D eigenvalue weighted by molar-refractivity contribution is 5.81. The molecule has 18 heavy (non-hydrogen) atoms. The molecule has 1 amide bonds. The Morgan fingerprint density at radius 3 is 2.72 bits per heavy atom. The first-order chi connectivity index (χ1) is 8.58. The van der Waals surface area contributed by atoms with Crippen LogP contribution in [-0.2, 0) is 14.3 Å². The summed E-state index contributed by atoms with van der Waals surface area (Å²) in [5, 5.41) is 14.7. The summed E-state index contributed by atoms with van der Waals surface area (Å²) < 4.78 is 5.26. The number of carbonyl (C=O) groups excluding carboxylic acids is 1. The summed E-state index contributed by atoms with van der Waals surface area (Å²) in [5.41, 5.74) is 0. The van der Waals surface area contributed by atoms with Crippen molar-refractivity contribution in [2.24, 2.45) is 5.92 Å². The molecule has 1 aliphatic rings. The lowest BCUT2D eigenvalue weighted by molar-refractivity contribution is -0.137. The molecule has 1 rings (SSSR count). The molecule has 0 saturated carbocycles. The second kappa shape index (κ2) is 7.33. The van der Waals surface area contributed by atoms with Crippen LogP contribution in [0.5, 0.6) is 0 Å². The molecule has 0 spiro atoms. The van der Waals surface area contributed by atoms with Gasteiger partial charge < -0.3 is 20.5 Å². The first-order valence-electron chi connectivity index (χ1n) is 6.35. The van der Waals surface area contributed by atoms with E-state index < -0.39 is 5.97 Å². The number of rotatable bonds is 7. The predicted molar refractivity (Wildman–Crippen MR) is 66.2 cm³/mol. The maximum Gasteiger partial charge on any atom is 0.305 e. The van der Waals surface area contributed by atoms with Gasteiger partial charge in [0.05, 0.1) is 25.6 Å². The average molecular weight is 258 g/mol. The van der Waals surface area contributed by atoms with Crippen molar-refractivity contribution >= 4 is 11.9 Å². The molecule has 3 atom stereocenters. The van der Waals surface area contributed by atoms with Gasteiger partial charge in [-0.3, -0.25) is 9.59 Å². The lowest BCUT2D eigenvalue weighted by Gasteiger charge is -2.21. The van der Waals surface area contributed by atoms with Crippen LogP contribution in [0.4, 0.5) is 0 Å². The molecule has 6 nitrogen and oxygen atoms in total. The zero-order chi connectivity index (χ0) is 13.5. The molecule has 3 unspecified atom stereocenters. The van der Waals surface area contributed by atoms with Crippen LogP contribution in [0.2, 0.25) is 0 Å². The van der Waals surface area contributed by atoms with Gasteiger partial charge in [0.25, 0.3) is 0 Å². The number of hydrogen-bond acceptors (Lipinski definition) is 4. The molecule has 0 radical (unpaired) electrons. The SMILES string of the molecule is CCCC(CC(=O)O)NC(=O)C1COCC1NC. The quantitative estimate of drug-likeness (QED) is 0.597. The highest BCUT2D eigenvalue weighted by atomic mass is 16.5. The summed E-state index contributed by atoms with van der Waals surface area (Å²) in [6.07, 6.45) is 1.49. The summed E-state index contributed by atoms with van der Waals surface area (Å²) in [7, 11) is 1.79. The van der Waals surface area contributed by atoms with Crippen molar-refractivity contribution in [1.82, 2.24) is 10.6 Å². The maximum atomic E-state index is 12.1. The smallest absolute Gasteiger partial charge is 0.305 e. The number of likely N-dealkylation sites (N-methyl/N-ethyl adjacent to an activating group) is 1. The van der Waals surface area contributed by atoms with Crippen molar-refractivity contribution < 1.29 is 19.4 Å². The topological polar surface area (TPSA) is 87.7 Å². The zero-order valence-corrected chi connectivity index (χ0v) is 10.9. The molecule has 1 saturated heterocycles. The van der Waals surface area contributed by atoms with Gasteiger partial charge in [0, 0.05) is 12.1 Å². The van der Waals surface area contributed by atoms with Crippen LogP contribution in [0.3, 0.4) is 0 Å². The Morgan fingerprint density at radius 1 is 1.44 bits per heavy atom. The third-order valence-corrected chi connectivity index (χ3v) is 3.19. The largest absolute Gasteiger partial charge is 0.481 e. The van der Waals surface area contributed by atoms with Crippen LogP contribution in [0.25, 0.3) is 0 Å². The van der Waals surface area contributed by atoms with E-state index in [9.17, 15) is 9.59 Å². The lowest BCUT2D eigenvalue weighted by atomic mass is 10.0. The molecule has 1 fully saturated rings. The van der Waals surface area contributed by atoms with E-state index in [1.165, 1.54) is 0 Å². The van der Waals surface area contributed by atoms with E-state index in [4.69, 9.17) is 9.84 Å². The first kappa shape index (κ1) is 14.9. The highest BCUT2D eigenvalue weighted by Gasteiger charge is 2.33. The minimum Gasteiger partial charge on any atom is -0.481 e. The van der Waals surface area contributed by atoms with E-state index in [0.717, 1.165) is 6.42 Å². The fraction of sp³-hybridized carbons (Fsp3) is 0.833. The molecule has 104 valence electrons. The minimum atomic E-state index is -0.887. The van der Waals surface area contributed by atoms with Gasteiger partial charge in [-0.2, -0.15) is 0 Å². The van der Waals surface area contributed by atoms with E-state index in [2.05, 4.69) is 10.6 Å². The van der Waals surface area contributed by atoms with E-state index in [1.54, 1.807) is 7.05 Å². The normalized spacial score (nSPS) is 24.8. The highest BCUT2D eigenvalue weighted by Crippen LogP contribution is 2.14. The molecule has 0 aromatic heterocycles. The predicted octanol–water partition coefficient (Wildman–Crippen LogP) is -0.0196. The second-order valence-electron chi connectivity index (χ2n) is 4.63. The Labute approximate surface area is 107 Å². The number of carboxylic acids is 1. The van der Waals surface area contributed by atoms with Crippen LogP contribution in [0.1, 0.15) is 26.2 Å². The average Bonchev–Trinajstić information content (AvgIpc) is 2.76. The Balaban J connectivity index is 2.51. The summed E-state index contributed by atoms with van der Waals surface area (Å²) in [4.78, 5) is 22.8. The van der Waals surface area contributed by atoms with E-state index in [-0.39, 0.29) is 30.3 Å². The molecule has 0 aromatic rings. The molecule has 0 aliphatic carbocycles.